The van der Waals surface area contributed by atoms with Crippen LogP contribution in [0.3, 0.4) is 0 Å². The van der Waals surface area contributed by atoms with Crippen LogP contribution >= 0.6 is 0 Å². The molecule has 1 aliphatic rings. The van der Waals surface area contributed by atoms with Crippen molar-refractivity contribution >= 4 is 34.8 Å². The summed E-state index contributed by atoms with van der Waals surface area (Å²) in [6.45, 7) is 1.74. The average Bonchev–Trinajstić information content (AvgIpc) is 2.78. The van der Waals surface area contributed by atoms with Crippen LogP contribution in [0.5, 0.6) is 5.75 Å². The van der Waals surface area contributed by atoms with E-state index in [1.54, 1.807) is 36.4 Å². The van der Waals surface area contributed by atoms with E-state index in [2.05, 4.69) is 16.0 Å². The predicted octanol–water partition coefficient (Wildman–Crippen LogP) is 4.15. The Morgan fingerprint density at radius 1 is 0.969 bits per heavy atom. The van der Waals surface area contributed by atoms with Crippen LogP contribution in [0, 0.1) is 6.92 Å². The minimum atomic E-state index is -0.383. The normalized spacial score (nSPS) is 12.3. The number of anilines is 3. The van der Waals surface area contributed by atoms with Gasteiger partial charge in [-0.1, -0.05) is 24.3 Å². The Bertz CT molecular complexity index is 1190. The number of ether oxygens (including phenoxy) is 1. The van der Waals surface area contributed by atoms with Crippen molar-refractivity contribution in [3.63, 3.8) is 0 Å². The number of carbonyl (C=O) groups is 3. The smallest absolute Gasteiger partial charge is 0.262 e. The third kappa shape index (κ3) is 5.13. The van der Waals surface area contributed by atoms with Crippen LogP contribution in [-0.4, -0.2) is 24.3 Å². The van der Waals surface area contributed by atoms with Gasteiger partial charge in [-0.15, -0.1) is 0 Å². The Labute approximate surface area is 185 Å². The lowest BCUT2D eigenvalue weighted by atomic mass is 10.0. The van der Waals surface area contributed by atoms with Gasteiger partial charge < -0.3 is 20.7 Å². The quantitative estimate of drug-likeness (QED) is 0.548. The Kier molecular flexibility index (Phi) is 6.17. The lowest BCUT2D eigenvalue weighted by Gasteiger charge is -2.17. The number of benzene rings is 3. The molecule has 7 heteroatoms. The molecule has 4 rings (SSSR count). The standard InChI is InChI=1S/C25H23N3O4/c1-16-5-4-6-18(13-16)26-25(31)20-7-2-3-8-22(20)28-24(30)15-32-19-10-11-21-17(14-19)9-12-23(29)27-21/h2-8,10-11,13-14H,9,12,15H2,1H3,(H,26,31)(H,27,29)(H,28,30). The van der Waals surface area contributed by atoms with Crippen molar-refractivity contribution in [1.82, 2.24) is 0 Å². The number of carbonyl (C=O) groups excluding carboxylic acids is 3. The third-order valence-electron chi connectivity index (χ3n) is 5.06. The number of amides is 3. The monoisotopic (exact) mass is 429 g/mol. The van der Waals surface area contributed by atoms with Crippen LogP contribution in [0.1, 0.15) is 27.9 Å². The summed E-state index contributed by atoms with van der Waals surface area (Å²) in [5.74, 6) is -0.160. The van der Waals surface area contributed by atoms with Crippen molar-refractivity contribution in [2.45, 2.75) is 19.8 Å². The molecular weight excluding hydrogens is 406 g/mol. The van der Waals surface area contributed by atoms with Gasteiger partial charge in [-0.25, -0.2) is 0 Å². The molecule has 0 saturated carbocycles. The molecule has 7 nitrogen and oxygen atoms in total. The maximum Gasteiger partial charge on any atom is 0.262 e. The van der Waals surface area contributed by atoms with E-state index in [1.165, 1.54) is 0 Å². The highest BCUT2D eigenvalue weighted by molar-refractivity contribution is 6.10. The Balaban J connectivity index is 1.38. The van der Waals surface area contributed by atoms with Gasteiger partial charge >= 0.3 is 0 Å². The van der Waals surface area contributed by atoms with E-state index < -0.39 is 0 Å². The van der Waals surface area contributed by atoms with Crippen LogP contribution in [-0.2, 0) is 16.0 Å². The Morgan fingerprint density at radius 2 is 1.81 bits per heavy atom. The van der Waals surface area contributed by atoms with Crippen molar-refractivity contribution in [2.24, 2.45) is 0 Å². The van der Waals surface area contributed by atoms with Gasteiger partial charge in [0.1, 0.15) is 5.75 Å². The van der Waals surface area contributed by atoms with Gasteiger partial charge in [0.2, 0.25) is 5.91 Å². The molecule has 0 saturated heterocycles. The van der Waals surface area contributed by atoms with Crippen molar-refractivity contribution in [1.29, 1.82) is 0 Å². The first-order chi connectivity index (χ1) is 15.5. The zero-order valence-corrected chi connectivity index (χ0v) is 17.6. The summed E-state index contributed by atoms with van der Waals surface area (Å²) < 4.78 is 5.62. The number of hydrogen-bond acceptors (Lipinski definition) is 4. The molecule has 0 aromatic heterocycles. The molecule has 3 aromatic carbocycles. The third-order valence-corrected chi connectivity index (χ3v) is 5.06. The van der Waals surface area contributed by atoms with Gasteiger partial charge in [0.05, 0.1) is 11.3 Å². The summed E-state index contributed by atoms with van der Waals surface area (Å²) >= 11 is 0. The predicted molar refractivity (Wildman–Crippen MR) is 123 cm³/mol. The molecule has 0 bridgehead atoms. The molecule has 0 aliphatic carbocycles. The molecule has 32 heavy (non-hydrogen) atoms. The van der Waals surface area contributed by atoms with Crippen molar-refractivity contribution in [3.8, 4) is 5.75 Å². The molecule has 3 aromatic rings. The zero-order valence-electron chi connectivity index (χ0n) is 17.6. The van der Waals surface area contributed by atoms with Crippen LogP contribution < -0.4 is 20.7 Å². The van der Waals surface area contributed by atoms with E-state index in [0.717, 1.165) is 16.8 Å². The highest BCUT2D eigenvalue weighted by Crippen LogP contribution is 2.27. The molecule has 3 N–H and O–H groups in total. The maximum absolute atomic E-state index is 12.7. The van der Waals surface area contributed by atoms with E-state index in [1.807, 2.05) is 37.3 Å². The second kappa shape index (κ2) is 9.34. The molecule has 0 radical (unpaired) electrons. The van der Waals surface area contributed by atoms with Crippen LogP contribution in [0.25, 0.3) is 0 Å². The maximum atomic E-state index is 12.7. The second-order valence-corrected chi connectivity index (χ2v) is 7.57. The summed E-state index contributed by atoms with van der Waals surface area (Å²) in [6.07, 6.45) is 1.06. The van der Waals surface area contributed by atoms with Crippen LogP contribution in [0.4, 0.5) is 17.1 Å². The van der Waals surface area contributed by atoms with Gasteiger partial charge in [-0.3, -0.25) is 14.4 Å². The molecule has 0 spiro atoms. The minimum Gasteiger partial charge on any atom is -0.484 e. The van der Waals surface area contributed by atoms with E-state index >= 15 is 0 Å². The lowest BCUT2D eigenvalue weighted by molar-refractivity contribution is -0.118. The van der Waals surface area contributed by atoms with E-state index in [9.17, 15) is 14.4 Å². The number of hydrogen-bond donors (Lipinski definition) is 3. The summed E-state index contributed by atoms with van der Waals surface area (Å²) in [5, 5.41) is 8.41. The van der Waals surface area contributed by atoms with Gasteiger partial charge in [-0.2, -0.15) is 0 Å². The lowest BCUT2D eigenvalue weighted by Crippen LogP contribution is -2.23. The van der Waals surface area contributed by atoms with E-state index in [-0.39, 0.29) is 24.3 Å². The first-order valence-corrected chi connectivity index (χ1v) is 10.3. The molecule has 0 atom stereocenters. The number of rotatable bonds is 6. The van der Waals surface area contributed by atoms with Crippen molar-refractivity contribution < 1.29 is 19.1 Å². The minimum absolute atomic E-state index is 0.00403. The Morgan fingerprint density at radius 3 is 2.66 bits per heavy atom. The van der Waals surface area contributed by atoms with E-state index in [4.69, 9.17) is 4.74 Å². The van der Waals surface area contributed by atoms with Gasteiger partial charge in [-0.05, 0) is 66.9 Å². The number of aryl methyl sites for hydroxylation is 2. The summed E-state index contributed by atoms with van der Waals surface area (Å²) in [5.41, 5.74) is 4.22. The van der Waals surface area contributed by atoms with Crippen LogP contribution in [0.2, 0.25) is 0 Å². The van der Waals surface area contributed by atoms with Gasteiger partial charge in [0.25, 0.3) is 11.8 Å². The summed E-state index contributed by atoms with van der Waals surface area (Å²) in [4.78, 5) is 36.7. The second-order valence-electron chi connectivity index (χ2n) is 7.57. The van der Waals surface area contributed by atoms with Gasteiger partial charge in [0, 0.05) is 17.8 Å². The first-order valence-electron chi connectivity index (χ1n) is 10.3. The molecule has 0 fully saturated rings. The SMILES string of the molecule is Cc1cccc(NC(=O)c2ccccc2NC(=O)COc2ccc3c(c2)CCC(=O)N3)c1. The molecule has 3 amide bonds. The molecular formula is C25H23N3O4. The number of fused-ring (bicyclic) bond motifs is 1. The zero-order chi connectivity index (χ0) is 22.5. The fourth-order valence-corrected chi connectivity index (χ4v) is 3.50. The van der Waals surface area contributed by atoms with Crippen molar-refractivity contribution in [3.05, 3.63) is 83.4 Å². The summed E-state index contributed by atoms with van der Waals surface area (Å²) in [6, 6.07) is 19.6. The number of nitrogens with one attached hydrogen (secondary N) is 3. The topological polar surface area (TPSA) is 96.5 Å². The van der Waals surface area contributed by atoms with Crippen molar-refractivity contribution in [2.75, 3.05) is 22.6 Å². The Hall–Kier alpha value is -4.13. The fraction of sp³-hybridized carbons (Fsp3) is 0.160. The average molecular weight is 429 g/mol. The summed E-state index contributed by atoms with van der Waals surface area (Å²) in [7, 11) is 0. The first kappa shape index (κ1) is 21.1. The highest BCUT2D eigenvalue weighted by atomic mass is 16.5. The van der Waals surface area contributed by atoms with Crippen LogP contribution in [0.15, 0.2) is 66.7 Å². The molecule has 1 aliphatic heterocycles. The largest absolute Gasteiger partial charge is 0.484 e. The molecule has 162 valence electrons. The highest BCUT2D eigenvalue weighted by Gasteiger charge is 2.16. The molecule has 1 heterocycles. The molecule has 0 unspecified atom stereocenters. The number of para-hydroxylation sites is 1. The fourth-order valence-electron chi connectivity index (χ4n) is 3.50. The van der Waals surface area contributed by atoms with E-state index in [0.29, 0.717) is 35.5 Å². The van der Waals surface area contributed by atoms with Gasteiger partial charge in [0.15, 0.2) is 6.61 Å².